The van der Waals surface area contributed by atoms with Crippen LogP contribution < -0.4 is 15.6 Å². The van der Waals surface area contributed by atoms with Crippen LogP contribution in [0.3, 0.4) is 0 Å². The molecule has 1 N–H and O–H groups in total. The number of nitrogens with one attached hydrogen (secondary N) is 1. The fraction of sp³-hybridized carbons (Fsp3) is 0.500. The molecule has 0 spiro atoms. The van der Waals surface area contributed by atoms with Crippen LogP contribution in [0, 0.1) is 5.92 Å². The maximum absolute atomic E-state index is 13.1. The molecule has 2 aliphatic rings. The fourth-order valence-electron chi connectivity index (χ4n) is 4.97. The molecule has 1 aliphatic carbocycles. The number of ether oxygens (including phenoxy) is 1. The predicted octanol–water partition coefficient (Wildman–Crippen LogP) is 4.73. The molecule has 3 aromatic rings. The second-order valence-corrected chi connectivity index (χ2v) is 10.2. The van der Waals surface area contributed by atoms with Crippen molar-refractivity contribution in [2.24, 2.45) is 5.92 Å². The number of aromatic nitrogens is 4. The van der Waals surface area contributed by atoms with Crippen LogP contribution in [0.1, 0.15) is 45.1 Å². The van der Waals surface area contributed by atoms with E-state index in [9.17, 15) is 13.6 Å². The molecule has 1 saturated carbocycles. The number of fused-ring (bicyclic) bond motifs is 1. The Morgan fingerprint density at radius 1 is 1.17 bits per heavy atom. The van der Waals surface area contributed by atoms with Crippen LogP contribution in [0.25, 0.3) is 11.0 Å². The van der Waals surface area contributed by atoms with Gasteiger partial charge in [-0.15, -0.1) is 0 Å². The highest BCUT2D eigenvalue weighted by molar-refractivity contribution is 7.97. The lowest BCUT2D eigenvalue weighted by Crippen LogP contribution is -2.36. The highest BCUT2D eigenvalue weighted by atomic mass is 32.2. The quantitative estimate of drug-likeness (QED) is 0.464. The topological polar surface area (TPSA) is 85.2 Å². The predicted molar refractivity (Wildman–Crippen MR) is 131 cm³/mol. The molecule has 5 rings (SSSR count). The average molecular weight is 503 g/mol. The van der Waals surface area contributed by atoms with Gasteiger partial charge < -0.3 is 10.1 Å². The van der Waals surface area contributed by atoms with Crippen molar-refractivity contribution in [2.45, 2.75) is 62.7 Å². The minimum Gasteiger partial charge on any atom is -0.429 e. The average Bonchev–Trinajstić information content (AvgIpc) is 3.27. The Morgan fingerprint density at radius 2 is 2.00 bits per heavy atom. The highest BCUT2D eigenvalue weighted by Gasteiger charge is 2.29. The van der Waals surface area contributed by atoms with Crippen LogP contribution in [-0.4, -0.2) is 49.6 Å². The van der Waals surface area contributed by atoms with Crippen LogP contribution in [0.2, 0.25) is 0 Å². The van der Waals surface area contributed by atoms with E-state index < -0.39 is 12.2 Å². The lowest BCUT2D eigenvalue weighted by atomic mass is 10.1. The molecule has 2 fully saturated rings. The monoisotopic (exact) mass is 502 g/mol. The molecular formula is C24H28F2N6O2S. The van der Waals surface area contributed by atoms with E-state index in [-0.39, 0.29) is 23.8 Å². The molecule has 2 atom stereocenters. The summed E-state index contributed by atoms with van der Waals surface area (Å²) in [5.74, 6) is 0.313. The van der Waals surface area contributed by atoms with Crippen molar-refractivity contribution in [1.82, 2.24) is 23.8 Å². The fourth-order valence-corrected chi connectivity index (χ4v) is 5.87. The van der Waals surface area contributed by atoms with Gasteiger partial charge in [-0.3, -0.25) is 9.36 Å². The number of anilines is 1. The van der Waals surface area contributed by atoms with E-state index in [0.29, 0.717) is 17.0 Å². The van der Waals surface area contributed by atoms with Crippen LogP contribution >= 0.6 is 11.9 Å². The normalized spacial score (nSPS) is 21.6. The van der Waals surface area contributed by atoms with Crippen molar-refractivity contribution in [1.29, 1.82) is 0 Å². The van der Waals surface area contributed by atoms with Crippen LogP contribution in [0.5, 0.6) is 5.75 Å². The SMILES string of the molecule is CC1CCCC1n1c(=O)c(OC(F)F)cc2cnc(NC3CCN(Sc4ccccn4)CC3)nc21. The largest absolute Gasteiger partial charge is 0.429 e. The summed E-state index contributed by atoms with van der Waals surface area (Å²) >= 11 is 1.66. The first-order valence-electron chi connectivity index (χ1n) is 12.0. The van der Waals surface area contributed by atoms with Gasteiger partial charge >= 0.3 is 6.61 Å². The third-order valence-corrected chi connectivity index (χ3v) is 7.80. The van der Waals surface area contributed by atoms with Crippen molar-refractivity contribution in [2.75, 3.05) is 18.4 Å². The summed E-state index contributed by atoms with van der Waals surface area (Å²) in [7, 11) is 0. The number of rotatable bonds is 7. The number of hydrogen-bond acceptors (Lipinski definition) is 8. The number of halogens is 2. The molecule has 0 amide bonds. The molecule has 1 saturated heterocycles. The smallest absolute Gasteiger partial charge is 0.387 e. The minimum absolute atomic E-state index is 0.110. The summed E-state index contributed by atoms with van der Waals surface area (Å²) in [6.45, 7) is 0.794. The summed E-state index contributed by atoms with van der Waals surface area (Å²) < 4.78 is 34.3. The van der Waals surface area contributed by atoms with E-state index in [1.54, 1.807) is 28.9 Å². The standard InChI is InChI=1S/C24H28F2N6O2S/c1-15-5-4-6-18(15)32-21-16(13-19(22(32)33)34-23(25)26)14-28-24(30-21)29-17-8-11-31(12-9-17)35-20-7-2-3-10-27-20/h2-3,7,10,13-15,17-18,23H,4-6,8-9,11-12H2,1H3,(H,28,29,30). The Labute approximate surface area is 206 Å². The number of hydrogen-bond donors (Lipinski definition) is 1. The lowest BCUT2D eigenvalue weighted by molar-refractivity contribution is -0.0510. The van der Waals surface area contributed by atoms with Gasteiger partial charge in [-0.1, -0.05) is 19.4 Å². The van der Waals surface area contributed by atoms with Gasteiger partial charge in [0.25, 0.3) is 5.56 Å². The van der Waals surface area contributed by atoms with E-state index >= 15 is 0 Å². The molecule has 186 valence electrons. The zero-order valence-electron chi connectivity index (χ0n) is 19.4. The number of nitrogens with zero attached hydrogens (tertiary/aromatic N) is 5. The summed E-state index contributed by atoms with van der Waals surface area (Å²) in [5.41, 5.74) is -0.114. The van der Waals surface area contributed by atoms with Gasteiger partial charge in [-0.05, 0) is 61.7 Å². The first-order chi connectivity index (χ1) is 17.0. The number of pyridine rings is 2. The number of piperidine rings is 1. The lowest BCUT2D eigenvalue weighted by Gasteiger charge is -2.31. The van der Waals surface area contributed by atoms with E-state index in [4.69, 9.17) is 0 Å². The maximum Gasteiger partial charge on any atom is 0.387 e. The Kier molecular flexibility index (Phi) is 7.14. The second kappa shape index (κ2) is 10.4. The van der Waals surface area contributed by atoms with E-state index in [0.717, 1.165) is 50.2 Å². The molecule has 11 heteroatoms. The number of alkyl halides is 2. The molecule has 8 nitrogen and oxygen atoms in total. The van der Waals surface area contributed by atoms with Gasteiger partial charge in [0.1, 0.15) is 10.7 Å². The Balaban J connectivity index is 1.35. The summed E-state index contributed by atoms with van der Waals surface area (Å²) in [6.07, 6.45) is 7.94. The first-order valence-corrected chi connectivity index (χ1v) is 12.7. The van der Waals surface area contributed by atoms with E-state index in [2.05, 4.69) is 36.2 Å². The zero-order chi connectivity index (χ0) is 24.4. The van der Waals surface area contributed by atoms with E-state index in [1.165, 1.54) is 6.07 Å². The molecule has 3 aromatic heterocycles. The Morgan fingerprint density at radius 3 is 2.69 bits per heavy atom. The maximum atomic E-state index is 13.1. The molecule has 2 unspecified atom stereocenters. The van der Waals surface area contributed by atoms with Gasteiger partial charge in [0.2, 0.25) is 5.95 Å². The van der Waals surface area contributed by atoms with Crippen molar-refractivity contribution < 1.29 is 13.5 Å². The third kappa shape index (κ3) is 5.40. The van der Waals surface area contributed by atoms with Crippen molar-refractivity contribution >= 4 is 28.9 Å². The Hall–Kier alpha value is -2.79. The highest BCUT2D eigenvalue weighted by Crippen LogP contribution is 2.36. The van der Waals surface area contributed by atoms with Crippen molar-refractivity contribution in [3.63, 3.8) is 0 Å². The summed E-state index contributed by atoms with van der Waals surface area (Å²) in [4.78, 5) is 26.6. The molecule has 0 bridgehead atoms. The van der Waals surface area contributed by atoms with Crippen molar-refractivity contribution in [3.8, 4) is 5.75 Å². The van der Waals surface area contributed by atoms with E-state index in [1.807, 2.05) is 18.2 Å². The van der Waals surface area contributed by atoms with Gasteiger partial charge in [-0.25, -0.2) is 14.3 Å². The van der Waals surface area contributed by atoms with Gasteiger partial charge in [0.15, 0.2) is 5.75 Å². The van der Waals surface area contributed by atoms with Gasteiger partial charge in [0.05, 0.1) is 0 Å². The molecular weight excluding hydrogens is 474 g/mol. The van der Waals surface area contributed by atoms with Gasteiger partial charge in [-0.2, -0.15) is 13.8 Å². The van der Waals surface area contributed by atoms with Crippen molar-refractivity contribution in [3.05, 3.63) is 47.0 Å². The summed E-state index contributed by atoms with van der Waals surface area (Å²) in [6, 6.07) is 7.29. The third-order valence-electron chi connectivity index (χ3n) is 6.75. The van der Waals surface area contributed by atoms with Crippen LogP contribution in [0.15, 0.2) is 46.5 Å². The molecule has 35 heavy (non-hydrogen) atoms. The minimum atomic E-state index is -3.07. The molecule has 1 aliphatic heterocycles. The zero-order valence-corrected chi connectivity index (χ0v) is 20.3. The van der Waals surface area contributed by atoms with Crippen LogP contribution in [0.4, 0.5) is 14.7 Å². The molecule has 0 radical (unpaired) electrons. The summed E-state index contributed by atoms with van der Waals surface area (Å²) in [5, 5.41) is 4.90. The first kappa shape index (κ1) is 23.9. The molecule has 0 aromatic carbocycles. The Bertz CT molecular complexity index is 1220. The molecule has 4 heterocycles. The van der Waals surface area contributed by atoms with Gasteiger partial charge in [0, 0.05) is 43.0 Å². The second-order valence-electron chi connectivity index (χ2n) is 9.12. The van der Waals surface area contributed by atoms with Crippen LogP contribution in [-0.2, 0) is 0 Å².